The molecule has 0 amide bonds. The maximum atomic E-state index is 8.93. The van der Waals surface area contributed by atoms with Crippen molar-refractivity contribution < 1.29 is 14.2 Å². The molecule has 17 heavy (non-hydrogen) atoms. The van der Waals surface area contributed by atoms with Gasteiger partial charge in [-0.2, -0.15) is 5.26 Å². The summed E-state index contributed by atoms with van der Waals surface area (Å²) in [7, 11) is 1.60. The van der Waals surface area contributed by atoms with E-state index in [0.717, 1.165) is 0 Å². The average molecular weight is 235 g/mol. The third-order valence-corrected chi connectivity index (χ3v) is 2.57. The van der Waals surface area contributed by atoms with Crippen LogP contribution in [-0.4, -0.2) is 37.5 Å². The predicted octanol–water partition coefficient (Wildman–Crippen LogP) is 0.328. The van der Waals surface area contributed by atoms with Crippen molar-refractivity contribution >= 4 is 5.82 Å². The summed E-state index contributed by atoms with van der Waals surface area (Å²) >= 11 is 0. The Labute approximate surface area is 98.9 Å². The molecule has 6 nitrogen and oxygen atoms in total. The largest absolute Gasteiger partial charge is 0.484 e. The fourth-order valence-electron chi connectivity index (χ4n) is 1.64. The molecule has 0 spiro atoms. The van der Waals surface area contributed by atoms with E-state index in [1.807, 2.05) is 6.07 Å². The van der Waals surface area contributed by atoms with Crippen LogP contribution in [0.1, 0.15) is 5.56 Å². The van der Waals surface area contributed by atoms with Crippen LogP contribution in [0.15, 0.2) is 12.3 Å². The second kappa shape index (κ2) is 4.99. The van der Waals surface area contributed by atoms with Gasteiger partial charge < -0.3 is 19.9 Å². The van der Waals surface area contributed by atoms with Gasteiger partial charge in [0.25, 0.3) is 0 Å². The van der Waals surface area contributed by atoms with Gasteiger partial charge in [-0.15, -0.1) is 0 Å². The molecule has 90 valence electrons. The highest BCUT2D eigenvalue weighted by atomic mass is 16.6. The highest BCUT2D eigenvalue weighted by Crippen LogP contribution is 2.23. The summed E-state index contributed by atoms with van der Waals surface area (Å²) in [5.41, 5.74) is 5.91. The molecule has 1 saturated heterocycles. The van der Waals surface area contributed by atoms with Gasteiger partial charge in [0.15, 0.2) is 6.10 Å². The van der Waals surface area contributed by atoms with Crippen LogP contribution in [-0.2, 0) is 9.47 Å². The summed E-state index contributed by atoms with van der Waals surface area (Å²) in [6.45, 7) is 0.926. The first-order chi connectivity index (χ1) is 8.24. The van der Waals surface area contributed by atoms with Crippen LogP contribution < -0.4 is 10.5 Å². The number of nitriles is 1. The van der Waals surface area contributed by atoms with Crippen LogP contribution in [0.4, 0.5) is 5.82 Å². The minimum absolute atomic E-state index is 0.129. The lowest BCUT2D eigenvalue weighted by atomic mass is 10.2. The molecule has 1 aromatic rings. The zero-order valence-corrected chi connectivity index (χ0v) is 9.42. The van der Waals surface area contributed by atoms with Gasteiger partial charge >= 0.3 is 0 Å². The standard InChI is InChI=1S/C11H13N3O3/c1-15-9-5-16-6-10(9)17-8-2-11(13)14-4-7(8)3-12/h2,4,9-10H,5-6H2,1H3,(H2,13,14)/t9-,10-/m0/s1. The Bertz CT molecular complexity index is 444. The number of hydrogen-bond acceptors (Lipinski definition) is 6. The van der Waals surface area contributed by atoms with Crippen molar-refractivity contribution in [1.29, 1.82) is 5.26 Å². The smallest absolute Gasteiger partial charge is 0.150 e. The molecule has 2 N–H and O–H groups in total. The molecular weight excluding hydrogens is 222 g/mol. The molecule has 1 aromatic heterocycles. The number of nitrogens with zero attached hydrogens (tertiary/aromatic N) is 2. The van der Waals surface area contributed by atoms with Gasteiger partial charge in [-0.3, -0.25) is 0 Å². The quantitative estimate of drug-likeness (QED) is 0.811. The van der Waals surface area contributed by atoms with E-state index in [0.29, 0.717) is 30.3 Å². The minimum Gasteiger partial charge on any atom is -0.484 e. The molecule has 0 aliphatic carbocycles. The lowest BCUT2D eigenvalue weighted by Gasteiger charge is -2.18. The fourth-order valence-corrected chi connectivity index (χ4v) is 1.64. The summed E-state index contributed by atoms with van der Waals surface area (Å²) in [5, 5.41) is 8.93. The van der Waals surface area contributed by atoms with Crippen molar-refractivity contribution in [3.8, 4) is 11.8 Å². The van der Waals surface area contributed by atoms with Crippen molar-refractivity contribution in [2.24, 2.45) is 0 Å². The molecular formula is C11H13N3O3. The summed E-state index contributed by atoms with van der Waals surface area (Å²) < 4.78 is 16.2. The van der Waals surface area contributed by atoms with E-state index in [1.165, 1.54) is 12.3 Å². The third-order valence-electron chi connectivity index (χ3n) is 2.57. The van der Waals surface area contributed by atoms with Gasteiger partial charge in [0.05, 0.1) is 19.4 Å². The number of rotatable bonds is 3. The SMILES string of the molecule is CO[C@H]1COC[C@@H]1Oc1cc(N)ncc1C#N. The molecule has 2 heterocycles. The van der Waals surface area contributed by atoms with Gasteiger partial charge in [0, 0.05) is 13.2 Å². The van der Waals surface area contributed by atoms with E-state index in [1.54, 1.807) is 7.11 Å². The third kappa shape index (κ3) is 2.46. The van der Waals surface area contributed by atoms with Gasteiger partial charge in [-0.05, 0) is 0 Å². The molecule has 1 fully saturated rings. The lowest BCUT2D eigenvalue weighted by Crippen LogP contribution is -2.31. The normalized spacial score (nSPS) is 23.3. The summed E-state index contributed by atoms with van der Waals surface area (Å²) in [6.07, 6.45) is 1.03. The van der Waals surface area contributed by atoms with Crippen molar-refractivity contribution in [2.75, 3.05) is 26.1 Å². The Morgan fingerprint density at radius 3 is 3.00 bits per heavy atom. The first kappa shape index (κ1) is 11.6. The number of methoxy groups -OCH3 is 1. The Hall–Kier alpha value is -1.84. The second-order valence-corrected chi connectivity index (χ2v) is 3.69. The number of ether oxygens (including phenoxy) is 3. The first-order valence-electron chi connectivity index (χ1n) is 5.17. The van der Waals surface area contributed by atoms with Crippen LogP contribution in [0.2, 0.25) is 0 Å². The Kier molecular flexibility index (Phi) is 3.42. The summed E-state index contributed by atoms with van der Waals surface area (Å²) in [6, 6.07) is 3.54. The predicted molar refractivity (Wildman–Crippen MR) is 59.4 cm³/mol. The molecule has 6 heteroatoms. The van der Waals surface area contributed by atoms with Crippen molar-refractivity contribution in [3.05, 3.63) is 17.8 Å². The number of hydrogen-bond donors (Lipinski definition) is 1. The second-order valence-electron chi connectivity index (χ2n) is 3.69. The van der Waals surface area contributed by atoms with Crippen LogP contribution >= 0.6 is 0 Å². The molecule has 2 rings (SSSR count). The van der Waals surface area contributed by atoms with Gasteiger partial charge in [-0.1, -0.05) is 0 Å². The molecule has 0 bridgehead atoms. The van der Waals surface area contributed by atoms with Crippen LogP contribution in [0.3, 0.4) is 0 Å². The van der Waals surface area contributed by atoms with E-state index in [-0.39, 0.29) is 12.2 Å². The Morgan fingerprint density at radius 2 is 2.29 bits per heavy atom. The maximum Gasteiger partial charge on any atom is 0.150 e. The molecule has 0 radical (unpaired) electrons. The Morgan fingerprint density at radius 1 is 1.53 bits per heavy atom. The lowest BCUT2D eigenvalue weighted by molar-refractivity contribution is 0.0325. The fraction of sp³-hybridized carbons (Fsp3) is 0.455. The van der Waals surface area contributed by atoms with Gasteiger partial charge in [0.2, 0.25) is 0 Å². The average Bonchev–Trinajstić information content (AvgIpc) is 2.77. The molecule has 1 aliphatic rings. The highest BCUT2D eigenvalue weighted by Gasteiger charge is 2.30. The van der Waals surface area contributed by atoms with Gasteiger partial charge in [0.1, 0.15) is 29.3 Å². The number of pyridine rings is 1. The van der Waals surface area contributed by atoms with E-state index in [2.05, 4.69) is 4.98 Å². The van der Waals surface area contributed by atoms with Crippen LogP contribution in [0, 0.1) is 11.3 Å². The topological polar surface area (TPSA) is 90.4 Å². The van der Waals surface area contributed by atoms with Crippen molar-refractivity contribution in [1.82, 2.24) is 4.98 Å². The van der Waals surface area contributed by atoms with Crippen LogP contribution in [0.5, 0.6) is 5.75 Å². The number of nitrogens with two attached hydrogens (primary N) is 1. The Balaban J connectivity index is 2.18. The number of nitrogen functional groups attached to an aromatic ring is 1. The molecule has 0 saturated carbocycles. The van der Waals surface area contributed by atoms with Crippen molar-refractivity contribution in [2.45, 2.75) is 12.2 Å². The minimum atomic E-state index is -0.228. The highest BCUT2D eigenvalue weighted by molar-refractivity contribution is 5.47. The van der Waals surface area contributed by atoms with E-state index in [9.17, 15) is 0 Å². The van der Waals surface area contributed by atoms with Crippen LogP contribution in [0.25, 0.3) is 0 Å². The van der Waals surface area contributed by atoms with E-state index >= 15 is 0 Å². The zero-order valence-electron chi connectivity index (χ0n) is 9.42. The molecule has 2 atom stereocenters. The monoisotopic (exact) mass is 235 g/mol. The first-order valence-corrected chi connectivity index (χ1v) is 5.17. The molecule has 1 aliphatic heterocycles. The van der Waals surface area contributed by atoms with Gasteiger partial charge in [-0.25, -0.2) is 4.98 Å². The number of aromatic nitrogens is 1. The van der Waals surface area contributed by atoms with E-state index in [4.69, 9.17) is 25.2 Å². The summed E-state index contributed by atoms with van der Waals surface area (Å²) in [4.78, 5) is 3.84. The van der Waals surface area contributed by atoms with Crippen molar-refractivity contribution in [3.63, 3.8) is 0 Å². The summed E-state index contributed by atoms with van der Waals surface area (Å²) in [5.74, 6) is 0.726. The number of anilines is 1. The molecule has 0 aromatic carbocycles. The molecule has 0 unspecified atom stereocenters. The maximum absolute atomic E-state index is 8.93. The van der Waals surface area contributed by atoms with E-state index < -0.39 is 0 Å². The zero-order chi connectivity index (χ0) is 12.3.